The predicted molar refractivity (Wildman–Crippen MR) is 61.1 cm³/mol. The SMILES string of the molecule is C=C/C=C\C(=C)C(=C)C=C.CC(=O)O. The van der Waals surface area contributed by atoms with Crippen molar-refractivity contribution in [3.63, 3.8) is 0 Å². The van der Waals surface area contributed by atoms with Gasteiger partial charge in [0.2, 0.25) is 0 Å². The van der Waals surface area contributed by atoms with E-state index in [0.717, 1.165) is 18.1 Å². The van der Waals surface area contributed by atoms with Gasteiger partial charge in [0.25, 0.3) is 5.97 Å². The zero-order chi connectivity index (χ0) is 11.6. The standard InChI is InChI=1S/C10H12.C2H4O2/c1-5-7-8-10(4)9(3)6-2;1-2(3)4/h5-8H,1-4H2;1H3,(H,3,4)/b8-7-;. The highest BCUT2D eigenvalue weighted by atomic mass is 16.4. The van der Waals surface area contributed by atoms with Crippen LogP contribution in [-0.4, -0.2) is 11.1 Å². The quantitative estimate of drug-likeness (QED) is 0.695. The minimum atomic E-state index is -0.833. The second kappa shape index (κ2) is 9.26. The molecule has 0 saturated heterocycles. The van der Waals surface area contributed by atoms with Gasteiger partial charge in [0.1, 0.15) is 0 Å². The number of hydrogen-bond donors (Lipinski definition) is 1. The molecule has 0 saturated carbocycles. The first-order chi connectivity index (χ1) is 6.45. The molecule has 0 amide bonds. The molecule has 76 valence electrons. The van der Waals surface area contributed by atoms with E-state index in [0.29, 0.717) is 0 Å². The average molecular weight is 192 g/mol. The number of carbonyl (C=O) groups is 1. The molecule has 0 radical (unpaired) electrons. The van der Waals surface area contributed by atoms with E-state index in [9.17, 15) is 0 Å². The zero-order valence-corrected chi connectivity index (χ0v) is 8.49. The number of hydrogen-bond acceptors (Lipinski definition) is 1. The second-order valence-electron chi connectivity index (χ2n) is 2.37. The van der Waals surface area contributed by atoms with Crippen molar-refractivity contribution in [1.29, 1.82) is 0 Å². The summed E-state index contributed by atoms with van der Waals surface area (Å²) >= 11 is 0. The van der Waals surface area contributed by atoms with Gasteiger partial charge in [0, 0.05) is 6.92 Å². The molecule has 0 bridgehead atoms. The summed E-state index contributed by atoms with van der Waals surface area (Å²) in [5.41, 5.74) is 1.72. The van der Waals surface area contributed by atoms with Crippen LogP contribution in [0.1, 0.15) is 6.92 Å². The third-order valence-corrected chi connectivity index (χ3v) is 1.09. The molecular formula is C12H16O2. The first-order valence-corrected chi connectivity index (χ1v) is 3.95. The summed E-state index contributed by atoms with van der Waals surface area (Å²) in [6.45, 7) is 15.7. The van der Waals surface area contributed by atoms with E-state index in [1.165, 1.54) is 0 Å². The summed E-state index contributed by atoms with van der Waals surface area (Å²) in [6, 6.07) is 0. The molecule has 0 aliphatic heterocycles. The first-order valence-electron chi connectivity index (χ1n) is 3.95. The monoisotopic (exact) mass is 192 g/mol. The van der Waals surface area contributed by atoms with Crippen molar-refractivity contribution in [1.82, 2.24) is 0 Å². The van der Waals surface area contributed by atoms with Gasteiger partial charge in [0.15, 0.2) is 0 Å². The third kappa shape index (κ3) is 12.8. The highest BCUT2D eigenvalue weighted by Crippen LogP contribution is 2.06. The Morgan fingerprint density at radius 1 is 1.21 bits per heavy atom. The third-order valence-electron chi connectivity index (χ3n) is 1.09. The van der Waals surface area contributed by atoms with Gasteiger partial charge in [-0.1, -0.05) is 50.6 Å². The van der Waals surface area contributed by atoms with Crippen molar-refractivity contribution in [2.45, 2.75) is 6.92 Å². The Bertz CT molecular complexity index is 266. The lowest BCUT2D eigenvalue weighted by atomic mass is 10.1. The molecule has 0 aliphatic carbocycles. The van der Waals surface area contributed by atoms with Gasteiger partial charge in [0.05, 0.1) is 0 Å². The minimum absolute atomic E-state index is 0.833. The highest BCUT2D eigenvalue weighted by Gasteiger charge is 1.86. The lowest BCUT2D eigenvalue weighted by molar-refractivity contribution is -0.134. The van der Waals surface area contributed by atoms with E-state index in [1.54, 1.807) is 12.2 Å². The average Bonchev–Trinajstić information content (AvgIpc) is 2.11. The van der Waals surface area contributed by atoms with E-state index >= 15 is 0 Å². The van der Waals surface area contributed by atoms with E-state index < -0.39 is 5.97 Å². The lowest BCUT2D eigenvalue weighted by Gasteiger charge is -1.94. The predicted octanol–water partition coefficient (Wildman–Crippen LogP) is 3.12. The number of carboxylic acid groups (broad SMARTS) is 1. The van der Waals surface area contributed by atoms with Crippen LogP contribution < -0.4 is 0 Å². The molecule has 1 N–H and O–H groups in total. The molecule has 0 aromatic carbocycles. The Morgan fingerprint density at radius 3 is 1.93 bits per heavy atom. The van der Waals surface area contributed by atoms with Gasteiger partial charge in [-0.05, 0) is 11.1 Å². The van der Waals surface area contributed by atoms with Gasteiger partial charge in [-0.25, -0.2) is 0 Å². The molecule has 0 spiro atoms. The molecule has 0 aromatic rings. The molecule has 0 unspecified atom stereocenters. The van der Waals surface area contributed by atoms with Crippen LogP contribution in [-0.2, 0) is 4.79 Å². The molecule has 2 heteroatoms. The smallest absolute Gasteiger partial charge is 0.300 e. The molecule has 0 aromatic heterocycles. The number of rotatable bonds is 4. The Labute approximate surface area is 85.3 Å². The van der Waals surface area contributed by atoms with Crippen molar-refractivity contribution in [3.05, 3.63) is 61.8 Å². The van der Waals surface area contributed by atoms with Crippen LogP contribution in [0.25, 0.3) is 0 Å². The molecule has 0 fully saturated rings. The molecule has 0 heterocycles. The maximum absolute atomic E-state index is 9.00. The fraction of sp³-hybridized carbons (Fsp3) is 0.0833. The van der Waals surface area contributed by atoms with E-state index in [-0.39, 0.29) is 0 Å². The van der Waals surface area contributed by atoms with Gasteiger partial charge < -0.3 is 5.11 Å². The summed E-state index contributed by atoms with van der Waals surface area (Å²) in [5, 5.41) is 7.42. The second-order valence-corrected chi connectivity index (χ2v) is 2.37. The van der Waals surface area contributed by atoms with Crippen LogP contribution in [0.5, 0.6) is 0 Å². The summed E-state index contributed by atoms with van der Waals surface area (Å²) in [6.07, 6.45) is 7.03. The highest BCUT2D eigenvalue weighted by molar-refractivity contribution is 5.62. The molecule has 14 heavy (non-hydrogen) atoms. The summed E-state index contributed by atoms with van der Waals surface area (Å²) in [4.78, 5) is 9.00. The van der Waals surface area contributed by atoms with Crippen molar-refractivity contribution in [2.75, 3.05) is 0 Å². The van der Waals surface area contributed by atoms with E-state index in [4.69, 9.17) is 9.90 Å². The van der Waals surface area contributed by atoms with Gasteiger partial charge >= 0.3 is 0 Å². The van der Waals surface area contributed by atoms with Crippen molar-refractivity contribution >= 4 is 5.97 Å². The number of allylic oxidation sites excluding steroid dienone is 6. The zero-order valence-electron chi connectivity index (χ0n) is 8.49. The Morgan fingerprint density at radius 2 is 1.64 bits per heavy atom. The molecule has 0 atom stereocenters. The van der Waals surface area contributed by atoms with Crippen LogP contribution >= 0.6 is 0 Å². The van der Waals surface area contributed by atoms with Crippen molar-refractivity contribution in [2.24, 2.45) is 0 Å². The fourth-order valence-electron chi connectivity index (χ4n) is 0.422. The largest absolute Gasteiger partial charge is 0.481 e. The lowest BCUT2D eigenvalue weighted by Crippen LogP contribution is -1.78. The summed E-state index contributed by atoms with van der Waals surface area (Å²) in [5.74, 6) is -0.833. The molecule has 0 rings (SSSR count). The molecular weight excluding hydrogens is 176 g/mol. The summed E-state index contributed by atoms with van der Waals surface area (Å²) in [7, 11) is 0. The molecule has 0 aliphatic rings. The maximum atomic E-state index is 9.00. The van der Waals surface area contributed by atoms with Crippen LogP contribution in [0.2, 0.25) is 0 Å². The fourth-order valence-corrected chi connectivity index (χ4v) is 0.422. The van der Waals surface area contributed by atoms with Gasteiger partial charge in [-0.3, -0.25) is 4.79 Å². The van der Waals surface area contributed by atoms with Gasteiger partial charge in [-0.15, -0.1) is 0 Å². The summed E-state index contributed by atoms with van der Waals surface area (Å²) < 4.78 is 0. The Kier molecular flexibility index (Phi) is 9.71. The normalized spacial score (nSPS) is 8.36. The first kappa shape index (κ1) is 14.7. The van der Waals surface area contributed by atoms with Crippen LogP contribution in [0.15, 0.2) is 61.8 Å². The Hall–Kier alpha value is -1.83. The van der Waals surface area contributed by atoms with Crippen LogP contribution in [0.4, 0.5) is 0 Å². The van der Waals surface area contributed by atoms with Crippen LogP contribution in [0.3, 0.4) is 0 Å². The number of aliphatic carboxylic acids is 1. The van der Waals surface area contributed by atoms with Gasteiger partial charge in [-0.2, -0.15) is 0 Å². The van der Waals surface area contributed by atoms with E-state index in [2.05, 4.69) is 26.3 Å². The van der Waals surface area contributed by atoms with Crippen molar-refractivity contribution < 1.29 is 9.90 Å². The topological polar surface area (TPSA) is 37.3 Å². The van der Waals surface area contributed by atoms with Crippen LogP contribution in [0, 0.1) is 0 Å². The number of carboxylic acids is 1. The Balaban J connectivity index is 0. The maximum Gasteiger partial charge on any atom is 0.300 e. The molecule has 2 nitrogen and oxygen atoms in total. The van der Waals surface area contributed by atoms with E-state index in [1.807, 2.05) is 12.2 Å². The van der Waals surface area contributed by atoms with Crippen molar-refractivity contribution in [3.8, 4) is 0 Å². The minimum Gasteiger partial charge on any atom is -0.481 e.